The predicted octanol–water partition coefficient (Wildman–Crippen LogP) is 1.72. The molecule has 2 rings (SSSR count). The standard InChI is InChI=1S/C6H4BrN3/c7-6-5-4(1-2-8-6)3-9-10-5/h1-3H,(H,9,10). The molecule has 4 heteroatoms. The number of hydrogen-bond acceptors (Lipinski definition) is 2. The molecule has 0 saturated carbocycles. The number of hydrogen-bond donors (Lipinski definition) is 1. The minimum Gasteiger partial charge on any atom is -0.275 e. The van der Waals surface area contributed by atoms with Crippen LogP contribution in [0.5, 0.6) is 0 Å². The number of fused-ring (bicyclic) bond motifs is 1. The van der Waals surface area contributed by atoms with Crippen LogP contribution in [0.25, 0.3) is 10.9 Å². The van der Waals surface area contributed by atoms with E-state index in [1.165, 1.54) is 0 Å². The molecule has 2 heterocycles. The van der Waals surface area contributed by atoms with Gasteiger partial charge in [-0.3, -0.25) is 5.10 Å². The van der Waals surface area contributed by atoms with Gasteiger partial charge in [-0.2, -0.15) is 5.10 Å². The number of H-pyrrole nitrogens is 1. The third kappa shape index (κ3) is 0.724. The Morgan fingerprint density at radius 2 is 2.40 bits per heavy atom. The zero-order chi connectivity index (χ0) is 6.97. The molecule has 50 valence electrons. The minimum absolute atomic E-state index is 0.808. The van der Waals surface area contributed by atoms with Crippen LogP contribution in [0.2, 0.25) is 0 Å². The Labute approximate surface area is 65.6 Å². The number of halogens is 1. The van der Waals surface area contributed by atoms with E-state index in [1.807, 2.05) is 6.07 Å². The summed E-state index contributed by atoms with van der Waals surface area (Å²) in [4.78, 5) is 4.02. The van der Waals surface area contributed by atoms with Crippen LogP contribution < -0.4 is 0 Å². The van der Waals surface area contributed by atoms with Crippen molar-refractivity contribution >= 4 is 26.8 Å². The Kier molecular flexibility index (Phi) is 1.20. The zero-order valence-electron chi connectivity index (χ0n) is 5.00. The molecule has 0 aliphatic heterocycles. The van der Waals surface area contributed by atoms with Crippen LogP contribution in [0.3, 0.4) is 0 Å². The number of aromatic amines is 1. The molecule has 0 aromatic carbocycles. The van der Waals surface area contributed by atoms with Gasteiger partial charge in [0.15, 0.2) is 0 Å². The lowest BCUT2D eigenvalue weighted by Gasteiger charge is -1.88. The van der Waals surface area contributed by atoms with Crippen molar-refractivity contribution in [2.75, 3.05) is 0 Å². The molecule has 10 heavy (non-hydrogen) atoms. The SMILES string of the molecule is Brc1nccc2cn[nH]c12. The van der Waals surface area contributed by atoms with Crippen molar-refractivity contribution in [2.24, 2.45) is 0 Å². The summed E-state index contributed by atoms with van der Waals surface area (Å²) in [6, 6.07) is 1.91. The van der Waals surface area contributed by atoms with E-state index in [4.69, 9.17) is 0 Å². The molecule has 0 aliphatic rings. The third-order valence-corrected chi connectivity index (χ3v) is 1.92. The highest BCUT2D eigenvalue weighted by Gasteiger charge is 1.97. The summed E-state index contributed by atoms with van der Waals surface area (Å²) >= 11 is 3.29. The van der Waals surface area contributed by atoms with Crippen LogP contribution in [-0.4, -0.2) is 15.2 Å². The van der Waals surface area contributed by atoms with Gasteiger partial charge < -0.3 is 0 Å². The molecule has 0 spiro atoms. The van der Waals surface area contributed by atoms with E-state index in [9.17, 15) is 0 Å². The number of nitrogens with one attached hydrogen (secondary N) is 1. The Morgan fingerprint density at radius 1 is 1.50 bits per heavy atom. The maximum Gasteiger partial charge on any atom is 0.131 e. The van der Waals surface area contributed by atoms with Crippen LogP contribution in [0.15, 0.2) is 23.1 Å². The van der Waals surface area contributed by atoms with Crippen LogP contribution in [-0.2, 0) is 0 Å². The fourth-order valence-electron chi connectivity index (χ4n) is 0.835. The largest absolute Gasteiger partial charge is 0.275 e. The highest BCUT2D eigenvalue weighted by molar-refractivity contribution is 9.10. The lowest BCUT2D eigenvalue weighted by Crippen LogP contribution is -1.75. The first-order valence-electron chi connectivity index (χ1n) is 2.81. The molecule has 3 nitrogen and oxygen atoms in total. The fraction of sp³-hybridized carbons (Fsp3) is 0. The van der Waals surface area contributed by atoms with E-state index in [2.05, 4.69) is 31.1 Å². The van der Waals surface area contributed by atoms with Gasteiger partial charge in [-0.1, -0.05) is 0 Å². The first-order chi connectivity index (χ1) is 4.88. The first kappa shape index (κ1) is 5.85. The Hall–Kier alpha value is -0.900. The van der Waals surface area contributed by atoms with Crippen LogP contribution in [0.4, 0.5) is 0 Å². The van der Waals surface area contributed by atoms with E-state index < -0.39 is 0 Å². The molecule has 0 bridgehead atoms. The average molecular weight is 198 g/mol. The highest BCUT2D eigenvalue weighted by Crippen LogP contribution is 2.17. The van der Waals surface area contributed by atoms with Gasteiger partial charge in [0.25, 0.3) is 0 Å². The Bertz CT molecular complexity index is 355. The first-order valence-corrected chi connectivity index (χ1v) is 3.61. The maximum atomic E-state index is 4.02. The Balaban J connectivity index is 2.95. The number of nitrogens with zero attached hydrogens (tertiary/aromatic N) is 2. The average Bonchev–Trinajstić information content (AvgIpc) is 2.36. The molecule has 0 aliphatic carbocycles. The Morgan fingerprint density at radius 3 is 3.20 bits per heavy atom. The summed E-state index contributed by atoms with van der Waals surface area (Å²) in [5.41, 5.74) is 0.947. The van der Waals surface area contributed by atoms with Crippen molar-refractivity contribution in [1.29, 1.82) is 0 Å². The van der Waals surface area contributed by atoms with Crippen LogP contribution in [0, 0.1) is 0 Å². The summed E-state index contributed by atoms with van der Waals surface area (Å²) in [6.07, 6.45) is 3.50. The maximum absolute atomic E-state index is 4.02. The van der Waals surface area contributed by atoms with E-state index >= 15 is 0 Å². The van der Waals surface area contributed by atoms with Crippen molar-refractivity contribution < 1.29 is 0 Å². The van der Waals surface area contributed by atoms with Gasteiger partial charge in [0, 0.05) is 11.6 Å². The number of pyridine rings is 1. The number of aromatic nitrogens is 3. The molecule has 2 aromatic heterocycles. The second kappa shape index (κ2) is 2.05. The van der Waals surface area contributed by atoms with Gasteiger partial charge in [-0.15, -0.1) is 0 Å². The third-order valence-electron chi connectivity index (χ3n) is 1.32. The van der Waals surface area contributed by atoms with Crippen LogP contribution >= 0.6 is 15.9 Å². The molecule has 0 unspecified atom stereocenters. The van der Waals surface area contributed by atoms with E-state index in [-0.39, 0.29) is 0 Å². The molecule has 0 atom stereocenters. The molecule has 0 fully saturated rings. The van der Waals surface area contributed by atoms with Gasteiger partial charge in [-0.25, -0.2) is 4.98 Å². The summed E-state index contributed by atoms with van der Waals surface area (Å²) in [7, 11) is 0. The molecule has 1 N–H and O–H groups in total. The minimum atomic E-state index is 0.808. The lowest BCUT2D eigenvalue weighted by molar-refractivity contribution is 1.11. The molecule has 0 saturated heterocycles. The van der Waals surface area contributed by atoms with Gasteiger partial charge in [-0.05, 0) is 22.0 Å². The molecule has 2 aromatic rings. The van der Waals surface area contributed by atoms with Crippen molar-refractivity contribution in [3.63, 3.8) is 0 Å². The fourth-order valence-corrected chi connectivity index (χ4v) is 1.27. The summed E-state index contributed by atoms with van der Waals surface area (Å²) in [5, 5.41) is 7.77. The van der Waals surface area contributed by atoms with Crippen molar-refractivity contribution in [3.8, 4) is 0 Å². The lowest BCUT2D eigenvalue weighted by atomic mass is 10.3. The van der Waals surface area contributed by atoms with E-state index in [0.717, 1.165) is 15.5 Å². The molecule has 0 amide bonds. The monoisotopic (exact) mass is 197 g/mol. The van der Waals surface area contributed by atoms with Crippen molar-refractivity contribution in [3.05, 3.63) is 23.1 Å². The van der Waals surface area contributed by atoms with E-state index in [1.54, 1.807) is 12.4 Å². The molecular formula is C6H4BrN3. The summed E-state index contributed by atoms with van der Waals surface area (Å²) in [5.74, 6) is 0. The topological polar surface area (TPSA) is 41.6 Å². The quantitative estimate of drug-likeness (QED) is 0.654. The van der Waals surface area contributed by atoms with Crippen molar-refractivity contribution in [2.45, 2.75) is 0 Å². The normalized spacial score (nSPS) is 10.5. The highest BCUT2D eigenvalue weighted by atomic mass is 79.9. The predicted molar refractivity (Wildman–Crippen MR) is 41.6 cm³/mol. The van der Waals surface area contributed by atoms with Crippen molar-refractivity contribution in [1.82, 2.24) is 15.2 Å². The van der Waals surface area contributed by atoms with Gasteiger partial charge in [0.2, 0.25) is 0 Å². The van der Waals surface area contributed by atoms with E-state index in [0.29, 0.717) is 0 Å². The van der Waals surface area contributed by atoms with Gasteiger partial charge in [0.1, 0.15) is 4.60 Å². The second-order valence-electron chi connectivity index (χ2n) is 1.94. The molecule has 0 radical (unpaired) electrons. The molecular weight excluding hydrogens is 194 g/mol. The van der Waals surface area contributed by atoms with Gasteiger partial charge in [0.05, 0.1) is 11.7 Å². The second-order valence-corrected chi connectivity index (χ2v) is 2.69. The smallest absolute Gasteiger partial charge is 0.131 e. The summed E-state index contributed by atoms with van der Waals surface area (Å²) < 4.78 is 0.808. The van der Waals surface area contributed by atoms with Gasteiger partial charge >= 0.3 is 0 Å². The number of rotatable bonds is 0. The summed E-state index contributed by atoms with van der Waals surface area (Å²) in [6.45, 7) is 0. The van der Waals surface area contributed by atoms with Crippen LogP contribution in [0.1, 0.15) is 0 Å². The zero-order valence-corrected chi connectivity index (χ0v) is 6.59.